The average molecular weight is 425 g/mol. The molecule has 0 aromatic heterocycles. The van der Waals surface area contributed by atoms with Gasteiger partial charge >= 0.3 is 0 Å². The van der Waals surface area contributed by atoms with E-state index in [1.165, 1.54) is 4.31 Å². The quantitative estimate of drug-likeness (QED) is 0.682. The molecule has 1 aliphatic heterocycles. The Balaban J connectivity index is 1.55. The van der Waals surface area contributed by atoms with Crippen molar-refractivity contribution in [2.24, 2.45) is 0 Å². The van der Waals surface area contributed by atoms with Gasteiger partial charge in [0.15, 0.2) is 0 Å². The number of ether oxygens (including phenoxy) is 1. The Labute approximate surface area is 176 Å². The molecule has 0 spiro atoms. The molecule has 0 saturated carbocycles. The minimum atomic E-state index is -3.64. The van der Waals surface area contributed by atoms with E-state index in [0.29, 0.717) is 37.6 Å². The number of carbonyl (C=O) groups excluding carboxylic acids is 1. The van der Waals surface area contributed by atoms with Gasteiger partial charge in [-0.1, -0.05) is 48.5 Å². The molecule has 0 bridgehead atoms. The number of rotatable bonds is 5. The van der Waals surface area contributed by atoms with E-state index in [2.05, 4.69) is 5.32 Å². The highest BCUT2D eigenvalue weighted by atomic mass is 32.2. The smallest absolute Gasteiger partial charge is 0.243 e. The van der Waals surface area contributed by atoms with Crippen LogP contribution in [0.25, 0.3) is 10.8 Å². The lowest BCUT2D eigenvalue weighted by Gasteiger charge is -2.26. The lowest BCUT2D eigenvalue weighted by Crippen LogP contribution is -2.40. The lowest BCUT2D eigenvalue weighted by atomic mass is 10.0. The number of morpholine rings is 1. The third-order valence-electron chi connectivity index (χ3n) is 5.29. The van der Waals surface area contributed by atoms with E-state index >= 15 is 0 Å². The van der Waals surface area contributed by atoms with E-state index in [4.69, 9.17) is 4.74 Å². The van der Waals surface area contributed by atoms with Crippen molar-refractivity contribution in [1.29, 1.82) is 0 Å². The molecule has 30 heavy (non-hydrogen) atoms. The van der Waals surface area contributed by atoms with Crippen LogP contribution in [0, 0.1) is 6.92 Å². The van der Waals surface area contributed by atoms with Crippen LogP contribution in [0.1, 0.15) is 11.1 Å². The summed E-state index contributed by atoms with van der Waals surface area (Å²) in [7, 11) is -3.64. The summed E-state index contributed by atoms with van der Waals surface area (Å²) in [6.45, 7) is 3.20. The second kappa shape index (κ2) is 8.55. The molecular weight excluding hydrogens is 400 g/mol. The molecule has 1 aliphatic rings. The molecule has 1 fully saturated rings. The first-order valence-corrected chi connectivity index (χ1v) is 11.3. The first-order valence-electron chi connectivity index (χ1n) is 9.90. The Hall–Kier alpha value is -2.74. The summed E-state index contributed by atoms with van der Waals surface area (Å²) in [4.78, 5) is 12.9. The van der Waals surface area contributed by atoms with Crippen LogP contribution in [0.2, 0.25) is 0 Å². The van der Waals surface area contributed by atoms with Gasteiger partial charge in [-0.25, -0.2) is 8.42 Å². The highest BCUT2D eigenvalue weighted by Crippen LogP contribution is 2.25. The van der Waals surface area contributed by atoms with Crippen molar-refractivity contribution in [3.8, 4) is 0 Å². The fourth-order valence-electron chi connectivity index (χ4n) is 3.71. The number of nitrogens with zero attached hydrogens (tertiary/aromatic N) is 1. The molecule has 3 aromatic carbocycles. The van der Waals surface area contributed by atoms with Gasteiger partial charge in [0.05, 0.1) is 24.5 Å². The zero-order chi connectivity index (χ0) is 21.1. The summed E-state index contributed by atoms with van der Waals surface area (Å²) in [6.07, 6.45) is 0.209. The molecule has 1 amide bonds. The topological polar surface area (TPSA) is 75.7 Å². The normalized spacial score (nSPS) is 15.2. The third kappa shape index (κ3) is 4.23. The van der Waals surface area contributed by atoms with Crippen LogP contribution in [0.15, 0.2) is 65.6 Å². The Bertz CT molecular complexity index is 1180. The second-order valence-corrected chi connectivity index (χ2v) is 9.27. The minimum Gasteiger partial charge on any atom is -0.379 e. The van der Waals surface area contributed by atoms with Gasteiger partial charge in [0.2, 0.25) is 15.9 Å². The molecule has 156 valence electrons. The summed E-state index contributed by atoms with van der Waals surface area (Å²) in [6, 6.07) is 18.8. The summed E-state index contributed by atoms with van der Waals surface area (Å²) < 4.78 is 32.8. The standard InChI is InChI=1S/C23H24N2O4S/c1-17-9-10-20(16-22(17)30(27,28)25-11-13-29-14-12-25)24-23(26)15-19-7-4-6-18-5-2-3-8-21(18)19/h2-10,16H,11-15H2,1H3,(H,24,26). The van der Waals surface area contributed by atoms with Gasteiger partial charge in [0.1, 0.15) is 0 Å². The summed E-state index contributed by atoms with van der Waals surface area (Å²) in [5, 5.41) is 4.97. The van der Waals surface area contributed by atoms with E-state index < -0.39 is 10.0 Å². The first-order chi connectivity index (χ1) is 14.4. The number of anilines is 1. The minimum absolute atomic E-state index is 0.190. The van der Waals surface area contributed by atoms with Crippen molar-refractivity contribution in [1.82, 2.24) is 4.31 Å². The van der Waals surface area contributed by atoms with Gasteiger partial charge in [-0.05, 0) is 41.0 Å². The number of hydrogen-bond acceptors (Lipinski definition) is 4. The van der Waals surface area contributed by atoms with Crippen LogP contribution >= 0.6 is 0 Å². The van der Waals surface area contributed by atoms with E-state index in [9.17, 15) is 13.2 Å². The fraction of sp³-hybridized carbons (Fsp3) is 0.261. The van der Waals surface area contributed by atoms with Gasteiger partial charge < -0.3 is 10.1 Å². The van der Waals surface area contributed by atoms with E-state index in [1.54, 1.807) is 25.1 Å². The van der Waals surface area contributed by atoms with Crippen molar-refractivity contribution in [2.45, 2.75) is 18.2 Å². The number of amides is 1. The number of sulfonamides is 1. The van der Waals surface area contributed by atoms with Crippen LogP contribution < -0.4 is 5.32 Å². The number of hydrogen-bond donors (Lipinski definition) is 1. The van der Waals surface area contributed by atoms with Crippen LogP contribution in [0.4, 0.5) is 5.69 Å². The van der Waals surface area contributed by atoms with E-state index in [0.717, 1.165) is 16.3 Å². The van der Waals surface area contributed by atoms with Crippen LogP contribution in [0.5, 0.6) is 0 Å². The first kappa shape index (κ1) is 20.5. The van der Waals surface area contributed by atoms with E-state index in [1.807, 2.05) is 42.5 Å². The Morgan fingerprint density at radius 3 is 2.57 bits per heavy atom. The maximum atomic E-state index is 13.0. The van der Waals surface area contributed by atoms with Crippen molar-refractivity contribution in [2.75, 3.05) is 31.6 Å². The Kier molecular flexibility index (Phi) is 5.85. The SMILES string of the molecule is Cc1ccc(NC(=O)Cc2cccc3ccccc23)cc1S(=O)(=O)N1CCOCC1. The van der Waals surface area contributed by atoms with Gasteiger partial charge in [0.25, 0.3) is 0 Å². The lowest BCUT2D eigenvalue weighted by molar-refractivity contribution is -0.115. The van der Waals surface area contributed by atoms with Crippen molar-refractivity contribution in [3.05, 3.63) is 71.8 Å². The number of benzene rings is 3. The largest absolute Gasteiger partial charge is 0.379 e. The molecule has 1 N–H and O–H groups in total. The van der Waals surface area contributed by atoms with Gasteiger partial charge in [-0.3, -0.25) is 4.79 Å². The molecule has 4 rings (SSSR count). The highest BCUT2D eigenvalue weighted by molar-refractivity contribution is 7.89. The van der Waals surface area contributed by atoms with Crippen LogP contribution in [-0.2, 0) is 26.0 Å². The summed E-state index contributed by atoms with van der Waals surface area (Å²) in [5.41, 5.74) is 2.05. The number of carbonyl (C=O) groups is 1. The predicted octanol–water partition coefficient (Wildman–Crippen LogP) is 3.35. The van der Waals surface area contributed by atoms with Crippen molar-refractivity contribution < 1.29 is 17.9 Å². The van der Waals surface area contributed by atoms with Gasteiger partial charge in [0, 0.05) is 18.8 Å². The monoisotopic (exact) mass is 424 g/mol. The average Bonchev–Trinajstić information content (AvgIpc) is 2.76. The highest BCUT2D eigenvalue weighted by Gasteiger charge is 2.28. The number of nitrogens with one attached hydrogen (secondary N) is 1. The molecule has 0 atom stereocenters. The molecular formula is C23H24N2O4S. The van der Waals surface area contributed by atoms with Crippen LogP contribution in [0.3, 0.4) is 0 Å². The molecule has 0 unspecified atom stereocenters. The van der Waals surface area contributed by atoms with Crippen molar-refractivity contribution >= 4 is 32.4 Å². The summed E-state index contributed by atoms with van der Waals surface area (Å²) >= 11 is 0. The molecule has 6 nitrogen and oxygen atoms in total. The molecule has 7 heteroatoms. The Morgan fingerprint density at radius 2 is 1.77 bits per heavy atom. The van der Waals surface area contributed by atoms with Crippen molar-refractivity contribution in [3.63, 3.8) is 0 Å². The van der Waals surface area contributed by atoms with E-state index in [-0.39, 0.29) is 17.2 Å². The zero-order valence-corrected chi connectivity index (χ0v) is 17.6. The maximum Gasteiger partial charge on any atom is 0.243 e. The molecule has 1 saturated heterocycles. The van der Waals surface area contributed by atoms with Gasteiger partial charge in [-0.2, -0.15) is 4.31 Å². The Morgan fingerprint density at radius 1 is 1.03 bits per heavy atom. The third-order valence-corrected chi connectivity index (χ3v) is 7.33. The fourth-order valence-corrected chi connectivity index (χ4v) is 5.37. The molecule has 1 heterocycles. The molecule has 0 aliphatic carbocycles. The maximum absolute atomic E-state index is 13.0. The van der Waals surface area contributed by atoms with Gasteiger partial charge in [-0.15, -0.1) is 0 Å². The molecule has 0 radical (unpaired) electrons. The van der Waals surface area contributed by atoms with Crippen LogP contribution in [-0.4, -0.2) is 44.9 Å². The zero-order valence-electron chi connectivity index (χ0n) is 16.8. The molecule has 3 aromatic rings. The summed E-state index contributed by atoms with van der Waals surface area (Å²) in [5.74, 6) is -0.190. The number of aryl methyl sites for hydroxylation is 1. The number of fused-ring (bicyclic) bond motifs is 1. The predicted molar refractivity (Wildman–Crippen MR) is 117 cm³/mol. The second-order valence-electron chi connectivity index (χ2n) is 7.36.